The van der Waals surface area contributed by atoms with Gasteiger partial charge in [0.2, 0.25) is 21.9 Å². The average Bonchev–Trinajstić information content (AvgIpc) is 3.09. The third-order valence-corrected chi connectivity index (χ3v) is 5.17. The zero-order valence-corrected chi connectivity index (χ0v) is 12.6. The second-order valence-electron chi connectivity index (χ2n) is 3.80. The van der Waals surface area contributed by atoms with Crippen LogP contribution in [0, 0.1) is 0 Å². The van der Waals surface area contributed by atoms with E-state index in [0.29, 0.717) is 0 Å². The van der Waals surface area contributed by atoms with Gasteiger partial charge in [-0.15, -0.1) is 16.4 Å². The van der Waals surface area contributed by atoms with Gasteiger partial charge in [-0.3, -0.25) is 10.1 Å². The number of hydrogen-bond acceptors (Lipinski definition) is 7. The van der Waals surface area contributed by atoms with E-state index in [1.807, 2.05) is 0 Å². The topological polar surface area (TPSA) is 126 Å². The molecule has 0 bridgehead atoms. The third-order valence-electron chi connectivity index (χ3n) is 2.31. The van der Waals surface area contributed by atoms with Crippen molar-refractivity contribution in [3.63, 3.8) is 0 Å². The zero-order chi connectivity index (χ0) is 15.3. The summed E-state index contributed by atoms with van der Waals surface area (Å²) in [4.78, 5) is 15.4. The highest BCUT2D eigenvalue weighted by molar-refractivity contribution is 7.91. The number of ether oxygens (including phenoxy) is 1. The molecule has 0 aromatic carbocycles. The molecule has 0 saturated heterocycles. The number of nitrogens with zero attached hydrogens (tertiary/aromatic N) is 2. The van der Waals surface area contributed by atoms with Crippen LogP contribution in [0.15, 0.2) is 21.7 Å². The van der Waals surface area contributed by atoms with Crippen LogP contribution in [0.5, 0.6) is 6.01 Å². The summed E-state index contributed by atoms with van der Waals surface area (Å²) in [7, 11) is -2.16. The summed E-state index contributed by atoms with van der Waals surface area (Å²) < 4.78 is 30.9. The first-order chi connectivity index (χ1) is 10.0. The lowest BCUT2D eigenvalue weighted by atomic mass is 10.4. The van der Waals surface area contributed by atoms with E-state index in [2.05, 4.69) is 25.2 Å². The molecule has 0 atom stereocenters. The van der Waals surface area contributed by atoms with Crippen molar-refractivity contribution in [2.75, 3.05) is 19.0 Å². The van der Waals surface area contributed by atoms with Gasteiger partial charge in [0.25, 0.3) is 0 Å². The van der Waals surface area contributed by atoms with Gasteiger partial charge in [0.1, 0.15) is 4.21 Å². The summed E-state index contributed by atoms with van der Waals surface area (Å²) in [5, 5.41) is 10.2. The highest BCUT2D eigenvalue weighted by Crippen LogP contribution is 2.15. The van der Waals surface area contributed by atoms with Crippen molar-refractivity contribution in [1.29, 1.82) is 0 Å². The third kappa shape index (κ3) is 4.24. The van der Waals surface area contributed by atoms with Crippen molar-refractivity contribution in [1.82, 2.24) is 19.9 Å². The van der Waals surface area contributed by atoms with Crippen LogP contribution in [-0.4, -0.2) is 43.2 Å². The van der Waals surface area contributed by atoms with Crippen LogP contribution in [0.1, 0.15) is 6.42 Å². The number of methoxy groups -OCH3 is 1. The number of anilines is 1. The quantitative estimate of drug-likeness (QED) is 0.664. The van der Waals surface area contributed by atoms with Crippen LogP contribution in [0.4, 0.5) is 5.95 Å². The predicted molar refractivity (Wildman–Crippen MR) is 75.7 cm³/mol. The number of carbonyl (C=O) groups excluding carboxylic acids is 1. The van der Waals surface area contributed by atoms with Crippen molar-refractivity contribution in [3.8, 4) is 6.01 Å². The molecule has 1 amide bonds. The van der Waals surface area contributed by atoms with E-state index >= 15 is 0 Å². The summed E-state index contributed by atoms with van der Waals surface area (Å²) in [6.45, 7) is -0.0165. The van der Waals surface area contributed by atoms with E-state index in [1.165, 1.54) is 13.2 Å². The number of sulfonamides is 1. The van der Waals surface area contributed by atoms with Crippen molar-refractivity contribution in [2.24, 2.45) is 0 Å². The lowest BCUT2D eigenvalue weighted by Crippen LogP contribution is -2.27. The SMILES string of the molecule is COc1n[nH]c(NC(=O)CCNS(=O)(=O)c2cccs2)n1. The summed E-state index contributed by atoms with van der Waals surface area (Å²) in [5.41, 5.74) is 0. The molecule has 2 aromatic rings. The van der Waals surface area contributed by atoms with Crippen molar-refractivity contribution in [2.45, 2.75) is 10.6 Å². The first kappa shape index (κ1) is 15.4. The van der Waals surface area contributed by atoms with Gasteiger partial charge >= 0.3 is 6.01 Å². The lowest BCUT2D eigenvalue weighted by Gasteiger charge is -2.04. The molecule has 114 valence electrons. The molecule has 0 saturated carbocycles. The Hall–Kier alpha value is -1.98. The maximum Gasteiger partial charge on any atom is 0.336 e. The van der Waals surface area contributed by atoms with E-state index in [1.54, 1.807) is 11.4 Å². The Morgan fingerprint density at radius 3 is 2.95 bits per heavy atom. The molecule has 2 aromatic heterocycles. The van der Waals surface area contributed by atoms with Crippen molar-refractivity contribution in [3.05, 3.63) is 17.5 Å². The molecule has 0 aliphatic carbocycles. The standard InChI is InChI=1S/C10H13N5O4S2/c1-19-10-13-9(14-15-10)12-7(16)4-5-11-21(17,18)8-3-2-6-20-8/h2-3,6,11H,4-5H2,1H3,(H2,12,13,14,15,16). The van der Waals surface area contributed by atoms with Gasteiger partial charge in [0.15, 0.2) is 0 Å². The number of H-pyrrole nitrogens is 1. The second-order valence-corrected chi connectivity index (χ2v) is 6.74. The molecule has 0 spiro atoms. The Morgan fingerprint density at radius 1 is 1.52 bits per heavy atom. The van der Waals surface area contributed by atoms with Gasteiger partial charge in [-0.05, 0) is 11.4 Å². The molecule has 9 nitrogen and oxygen atoms in total. The number of nitrogens with one attached hydrogen (secondary N) is 3. The molecule has 2 rings (SSSR count). The van der Waals surface area contributed by atoms with Crippen molar-refractivity contribution >= 4 is 33.2 Å². The van der Waals surface area contributed by atoms with Crippen LogP contribution < -0.4 is 14.8 Å². The molecular formula is C10H13N5O4S2. The maximum atomic E-state index is 11.8. The molecular weight excluding hydrogens is 318 g/mol. The Labute approximate surface area is 124 Å². The van der Waals surface area contributed by atoms with E-state index in [4.69, 9.17) is 4.74 Å². The molecule has 0 aliphatic rings. The first-order valence-corrected chi connectivity index (χ1v) is 8.17. The molecule has 0 aliphatic heterocycles. The molecule has 3 N–H and O–H groups in total. The van der Waals surface area contributed by atoms with Gasteiger partial charge in [-0.25, -0.2) is 18.2 Å². The van der Waals surface area contributed by atoms with Crippen LogP contribution >= 0.6 is 11.3 Å². The van der Waals surface area contributed by atoms with Gasteiger partial charge in [-0.2, -0.15) is 4.98 Å². The Morgan fingerprint density at radius 2 is 2.33 bits per heavy atom. The number of aromatic nitrogens is 3. The van der Waals surface area contributed by atoms with Gasteiger partial charge in [0, 0.05) is 13.0 Å². The fourth-order valence-electron chi connectivity index (χ4n) is 1.37. The van der Waals surface area contributed by atoms with Crippen LogP contribution in [0.25, 0.3) is 0 Å². The normalized spacial score (nSPS) is 11.3. The largest absolute Gasteiger partial charge is 0.466 e. The summed E-state index contributed by atoms with van der Waals surface area (Å²) in [6.07, 6.45) is -0.0341. The van der Waals surface area contributed by atoms with E-state index in [0.717, 1.165) is 11.3 Å². The van der Waals surface area contributed by atoms with Gasteiger partial charge < -0.3 is 4.74 Å². The minimum Gasteiger partial charge on any atom is -0.466 e. The van der Waals surface area contributed by atoms with E-state index in [-0.39, 0.29) is 29.1 Å². The van der Waals surface area contributed by atoms with E-state index in [9.17, 15) is 13.2 Å². The molecule has 11 heteroatoms. The molecule has 21 heavy (non-hydrogen) atoms. The van der Waals surface area contributed by atoms with Gasteiger partial charge in [0.05, 0.1) is 7.11 Å². The molecule has 0 unspecified atom stereocenters. The Balaban J connectivity index is 1.79. The number of thiophene rings is 1. The Bertz CT molecular complexity index is 695. The highest BCUT2D eigenvalue weighted by Gasteiger charge is 2.15. The number of hydrogen-bond donors (Lipinski definition) is 3. The van der Waals surface area contributed by atoms with E-state index < -0.39 is 15.9 Å². The number of carbonyl (C=O) groups is 1. The molecule has 0 fully saturated rings. The smallest absolute Gasteiger partial charge is 0.336 e. The van der Waals surface area contributed by atoms with Crippen molar-refractivity contribution < 1.29 is 17.9 Å². The first-order valence-electron chi connectivity index (χ1n) is 5.80. The molecule has 2 heterocycles. The van der Waals surface area contributed by atoms with Crippen LogP contribution in [0.3, 0.4) is 0 Å². The summed E-state index contributed by atoms with van der Waals surface area (Å²) >= 11 is 1.11. The van der Waals surface area contributed by atoms with Crippen LogP contribution in [0.2, 0.25) is 0 Å². The number of aromatic amines is 1. The fourth-order valence-corrected chi connectivity index (χ4v) is 3.44. The average molecular weight is 331 g/mol. The number of rotatable bonds is 7. The van der Waals surface area contributed by atoms with Crippen LogP contribution in [-0.2, 0) is 14.8 Å². The Kier molecular flexibility index (Phi) is 4.88. The summed E-state index contributed by atoms with van der Waals surface area (Å²) in [6, 6.07) is 3.24. The summed E-state index contributed by atoms with van der Waals surface area (Å²) in [5.74, 6) is -0.263. The minimum atomic E-state index is -3.55. The fraction of sp³-hybridized carbons (Fsp3) is 0.300. The maximum absolute atomic E-state index is 11.8. The highest BCUT2D eigenvalue weighted by atomic mass is 32.2. The molecule has 0 radical (unpaired) electrons. The monoisotopic (exact) mass is 331 g/mol. The minimum absolute atomic E-state index is 0.0165. The zero-order valence-electron chi connectivity index (χ0n) is 11.0. The number of amides is 1. The second kappa shape index (κ2) is 6.65. The lowest BCUT2D eigenvalue weighted by molar-refractivity contribution is -0.116. The predicted octanol–water partition coefficient (Wildman–Crippen LogP) is 0.182. The van der Waals surface area contributed by atoms with Gasteiger partial charge in [-0.1, -0.05) is 6.07 Å².